The molecule has 5 heteroatoms. The summed E-state index contributed by atoms with van der Waals surface area (Å²) in [5, 5.41) is 5.83. The Morgan fingerprint density at radius 2 is 2.11 bits per heavy atom. The van der Waals surface area contributed by atoms with Crippen LogP contribution in [0.4, 0.5) is 11.4 Å². The molecule has 0 spiro atoms. The second kappa shape index (κ2) is 6.86. The van der Waals surface area contributed by atoms with Crippen molar-refractivity contribution in [2.45, 2.75) is 26.9 Å². The molecule has 2 N–H and O–H groups in total. The highest BCUT2D eigenvalue weighted by molar-refractivity contribution is 5.89. The van der Waals surface area contributed by atoms with Gasteiger partial charge < -0.3 is 20.1 Å². The Kier molecular flexibility index (Phi) is 5.45. The second-order valence-electron chi connectivity index (χ2n) is 4.13. The number of hydrogen-bond acceptors (Lipinski definition) is 4. The first-order valence-electron chi connectivity index (χ1n) is 5.84. The predicted molar refractivity (Wildman–Crippen MR) is 72.0 cm³/mol. The molecule has 1 aromatic carbocycles. The van der Waals surface area contributed by atoms with E-state index in [0.717, 1.165) is 11.4 Å². The summed E-state index contributed by atoms with van der Waals surface area (Å²) >= 11 is 0. The van der Waals surface area contributed by atoms with Gasteiger partial charge in [0.2, 0.25) is 5.91 Å². The highest BCUT2D eigenvalue weighted by Crippen LogP contribution is 2.27. The molecule has 0 heterocycles. The number of carbonyl (C=O) groups is 1. The quantitative estimate of drug-likeness (QED) is 0.763. The summed E-state index contributed by atoms with van der Waals surface area (Å²) in [6.07, 6.45) is 0.155. The average Bonchev–Trinajstić information content (AvgIpc) is 2.28. The number of ether oxygens (including phenoxy) is 2. The fourth-order valence-electron chi connectivity index (χ4n) is 1.41. The third kappa shape index (κ3) is 4.63. The van der Waals surface area contributed by atoms with Crippen LogP contribution in [0.3, 0.4) is 0 Å². The van der Waals surface area contributed by atoms with Crippen molar-refractivity contribution in [2.75, 3.05) is 24.5 Å². The topological polar surface area (TPSA) is 59.6 Å². The first kappa shape index (κ1) is 14.3. The van der Waals surface area contributed by atoms with Crippen molar-refractivity contribution < 1.29 is 14.3 Å². The third-order valence-corrected chi connectivity index (χ3v) is 2.20. The molecule has 1 amide bonds. The molecular formula is C13H20N2O3. The van der Waals surface area contributed by atoms with Crippen LogP contribution in [0.1, 0.15) is 20.8 Å². The lowest BCUT2D eigenvalue weighted by Gasteiger charge is -2.14. The Labute approximate surface area is 107 Å². The summed E-state index contributed by atoms with van der Waals surface area (Å²) in [5.74, 6) is 0.598. The van der Waals surface area contributed by atoms with Gasteiger partial charge in [-0.15, -0.1) is 0 Å². The summed E-state index contributed by atoms with van der Waals surface area (Å²) in [6.45, 7) is 5.79. The van der Waals surface area contributed by atoms with Crippen LogP contribution in [0, 0.1) is 0 Å². The van der Waals surface area contributed by atoms with Gasteiger partial charge in [0.05, 0.1) is 18.9 Å². The Morgan fingerprint density at radius 3 is 2.67 bits per heavy atom. The van der Waals surface area contributed by atoms with Crippen molar-refractivity contribution in [2.24, 2.45) is 0 Å². The Hall–Kier alpha value is -1.75. The van der Waals surface area contributed by atoms with Crippen LogP contribution in [0.5, 0.6) is 5.75 Å². The normalized spacial score (nSPS) is 10.3. The highest BCUT2D eigenvalue weighted by Gasteiger charge is 2.05. The van der Waals surface area contributed by atoms with E-state index in [2.05, 4.69) is 10.6 Å². The lowest BCUT2D eigenvalue weighted by molar-refractivity contribution is -0.114. The van der Waals surface area contributed by atoms with Crippen molar-refractivity contribution in [3.63, 3.8) is 0 Å². The summed E-state index contributed by atoms with van der Waals surface area (Å²) in [5.41, 5.74) is 1.50. The van der Waals surface area contributed by atoms with E-state index in [0.29, 0.717) is 12.5 Å². The molecule has 0 aromatic heterocycles. The largest absolute Gasteiger partial charge is 0.495 e. The standard InChI is InChI=1S/C13H20N2O3/c1-9(2)18-8-14-12-7-11(15-10(3)16)5-6-13(12)17-4/h5-7,9,14H,8H2,1-4H3,(H,15,16). The number of anilines is 2. The molecule has 1 aromatic rings. The lowest BCUT2D eigenvalue weighted by atomic mass is 10.2. The molecule has 0 saturated heterocycles. The van der Waals surface area contributed by atoms with Gasteiger partial charge in [0.25, 0.3) is 0 Å². The van der Waals surface area contributed by atoms with E-state index in [9.17, 15) is 4.79 Å². The smallest absolute Gasteiger partial charge is 0.221 e. The fraction of sp³-hybridized carbons (Fsp3) is 0.462. The van der Waals surface area contributed by atoms with E-state index in [1.165, 1.54) is 6.92 Å². The second-order valence-corrected chi connectivity index (χ2v) is 4.13. The molecule has 0 aliphatic heterocycles. The monoisotopic (exact) mass is 252 g/mol. The zero-order valence-corrected chi connectivity index (χ0v) is 11.2. The number of carbonyl (C=O) groups excluding carboxylic acids is 1. The van der Waals surface area contributed by atoms with Crippen LogP contribution in [0.25, 0.3) is 0 Å². The van der Waals surface area contributed by atoms with Crippen LogP contribution in [-0.4, -0.2) is 25.9 Å². The van der Waals surface area contributed by atoms with Crippen LogP contribution in [0.15, 0.2) is 18.2 Å². The van der Waals surface area contributed by atoms with Crippen LogP contribution >= 0.6 is 0 Å². The molecule has 0 atom stereocenters. The van der Waals surface area contributed by atoms with Gasteiger partial charge in [-0.1, -0.05) is 0 Å². The minimum absolute atomic E-state index is 0.107. The zero-order valence-electron chi connectivity index (χ0n) is 11.2. The fourth-order valence-corrected chi connectivity index (χ4v) is 1.41. The molecule has 0 bridgehead atoms. The molecule has 0 aliphatic carbocycles. The predicted octanol–water partition coefficient (Wildman–Crippen LogP) is 2.45. The number of amides is 1. The van der Waals surface area contributed by atoms with Gasteiger partial charge in [-0.25, -0.2) is 0 Å². The highest BCUT2D eigenvalue weighted by atomic mass is 16.5. The molecular weight excluding hydrogens is 232 g/mol. The van der Waals surface area contributed by atoms with Crippen molar-refractivity contribution in [3.8, 4) is 5.75 Å². The maximum atomic E-state index is 11.0. The first-order valence-corrected chi connectivity index (χ1v) is 5.84. The van der Waals surface area contributed by atoms with Gasteiger partial charge in [0.1, 0.15) is 12.5 Å². The Balaban J connectivity index is 2.75. The summed E-state index contributed by atoms with van der Waals surface area (Å²) in [7, 11) is 1.60. The van der Waals surface area contributed by atoms with Crippen molar-refractivity contribution >= 4 is 17.3 Å². The van der Waals surface area contributed by atoms with Gasteiger partial charge in [-0.3, -0.25) is 4.79 Å². The molecule has 0 radical (unpaired) electrons. The summed E-state index contributed by atoms with van der Waals surface area (Å²) < 4.78 is 10.6. The summed E-state index contributed by atoms with van der Waals surface area (Å²) in [6, 6.07) is 5.39. The SMILES string of the molecule is COc1ccc(NC(C)=O)cc1NCOC(C)C. The third-order valence-electron chi connectivity index (χ3n) is 2.20. The minimum Gasteiger partial charge on any atom is -0.495 e. The minimum atomic E-state index is -0.107. The maximum Gasteiger partial charge on any atom is 0.221 e. The maximum absolute atomic E-state index is 11.0. The van der Waals surface area contributed by atoms with Crippen LogP contribution in [0.2, 0.25) is 0 Å². The molecule has 0 unspecified atom stereocenters. The average molecular weight is 252 g/mol. The Bertz CT molecular complexity index is 405. The van der Waals surface area contributed by atoms with Crippen molar-refractivity contribution in [1.29, 1.82) is 0 Å². The number of methoxy groups -OCH3 is 1. The van der Waals surface area contributed by atoms with Gasteiger partial charge in [-0.05, 0) is 32.0 Å². The lowest BCUT2D eigenvalue weighted by Crippen LogP contribution is -2.12. The molecule has 0 saturated carbocycles. The van der Waals surface area contributed by atoms with E-state index in [1.807, 2.05) is 19.9 Å². The number of hydrogen-bond donors (Lipinski definition) is 2. The van der Waals surface area contributed by atoms with Crippen LogP contribution < -0.4 is 15.4 Å². The van der Waals surface area contributed by atoms with E-state index in [1.54, 1.807) is 19.2 Å². The first-order chi connectivity index (χ1) is 8.52. The van der Waals surface area contributed by atoms with E-state index < -0.39 is 0 Å². The molecule has 0 aliphatic rings. The number of nitrogens with one attached hydrogen (secondary N) is 2. The summed E-state index contributed by atoms with van der Waals surface area (Å²) in [4.78, 5) is 11.0. The molecule has 100 valence electrons. The molecule has 18 heavy (non-hydrogen) atoms. The molecule has 1 rings (SSSR count). The van der Waals surface area contributed by atoms with E-state index >= 15 is 0 Å². The van der Waals surface area contributed by atoms with Crippen molar-refractivity contribution in [1.82, 2.24) is 0 Å². The number of rotatable bonds is 6. The van der Waals surface area contributed by atoms with E-state index in [-0.39, 0.29) is 12.0 Å². The van der Waals surface area contributed by atoms with Gasteiger partial charge in [0, 0.05) is 12.6 Å². The number of benzene rings is 1. The molecule has 0 fully saturated rings. The van der Waals surface area contributed by atoms with Gasteiger partial charge in [0.15, 0.2) is 0 Å². The molecule has 5 nitrogen and oxygen atoms in total. The Morgan fingerprint density at radius 1 is 1.39 bits per heavy atom. The van der Waals surface area contributed by atoms with Crippen molar-refractivity contribution in [3.05, 3.63) is 18.2 Å². The zero-order chi connectivity index (χ0) is 13.5. The van der Waals surface area contributed by atoms with Gasteiger partial charge >= 0.3 is 0 Å². The van der Waals surface area contributed by atoms with Gasteiger partial charge in [-0.2, -0.15) is 0 Å². The van der Waals surface area contributed by atoms with Crippen LogP contribution in [-0.2, 0) is 9.53 Å². The van der Waals surface area contributed by atoms with E-state index in [4.69, 9.17) is 9.47 Å².